The lowest BCUT2D eigenvalue weighted by atomic mass is 10.1. The maximum atomic E-state index is 4.26. The van der Waals surface area contributed by atoms with Crippen molar-refractivity contribution < 1.29 is 0 Å². The van der Waals surface area contributed by atoms with Gasteiger partial charge in [0, 0.05) is 37.2 Å². The van der Waals surface area contributed by atoms with Crippen molar-refractivity contribution in [2.24, 2.45) is 4.99 Å². The Labute approximate surface area is 133 Å². The van der Waals surface area contributed by atoms with Crippen LogP contribution >= 0.6 is 0 Å². The van der Waals surface area contributed by atoms with Gasteiger partial charge in [0.25, 0.3) is 0 Å². The molecule has 0 saturated carbocycles. The standard InChI is InChI=1S/C18H28N4/c1-3-4-7-12-20-18(19-2)21-13-8-9-15-14-22-17-11-6-5-10-16(15)17/h5-6,10-11,14,22H,3-4,7-9,12-13H2,1-2H3,(H2,19,20,21). The molecule has 0 unspecified atom stereocenters. The van der Waals surface area contributed by atoms with Crippen molar-refractivity contribution in [3.05, 3.63) is 36.0 Å². The van der Waals surface area contributed by atoms with E-state index in [1.54, 1.807) is 0 Å². The largest absolute Gasteiger partial charge is 0.361 e. The molecule has 0 atom stereocenters. The smallest absolute Gasteiger partial charge is 0.190 e. The van der Waals surface area contributed by atoms with E-state index in [9.17, 15) is 0 Å². The van der Waals surface area contributed by atoms with E-state index >= 15 is 0 Å². The van der Waals surface area contributed by atoms with Crippen molar-refractivity contribution in [2.45, 2.75) is 39.0 Å². The van der Waals surface area contributed by atoms with Gasteiger partial charge in [0.1, 0.15) is 0 Å². The summed E-state index contributed by atoms with van der Waals surface area (Å²) in [5.41, 5.74) is 2.61. The van der Waals surface area contributed by atoms with Gasteiger partial charge in [0.05, 0.1) is 0 Å². The van der Waals surface area contributed by atoms with Crippen molar-refractivity contribution in [1.82, 2.24) is 15.6 Å². The molecule has 0 saturated heterocycles. The first-order valence-corrected chi connectivity index (χ1v) is 8.34. The van der Waals surface area contributed by atoms with Crippen LogP contribution in [-0.2, 0) is 6.42 Å². The zero-order valence-corrected chi connectivity index (χ0v) is 13.8. The first-order valence-electron chi connectivity index (χ1n) is 8.34. The molecule has 0 amide bonds. The summed E-state index contributed by atoms with van der Waals surface area (Å²) in [6.07, 6.45) is 8.01. The molecule has 2 aromatic rings. The zero-order chi connectivity index (χ0) is 15.6. The number of hydrogen-bond donors (Lipinski definition) is 3. The van der Waals surface area contributed by atoms with Gasteiger partial charge in [-0.2, -0.15) is 0 Å². The van der Waals surface area contributed by atoms with Crippen molar-refractivity contribution in [1.29, 1.82) is 0 Å². The minimum absolute atomic E-state index is 0.912. The fourth-order valence-corrected chi connectivity index (χ4v) is 2.63. The summed E-state index contributed by atoms with van der Waals surface area (Å²) < 4.78 is 0. The molecule has 22 heavy (non-hydrogen) atoms. The Hall–Kier alpha value is -1.97. The van der Waals surface area contributed by atoms with E-state index in [2.05, 4.69) is 58.0 Å². The number of aliphatic imine (C=N–C) groups is 1. The lowest BCUT2D eigenvalue weighted by molar-refractivity contribution is 0.677. The second kappa shape index (κ2) is 9.13. The molecule has 120 valence electrons. The minimum atomic E-state index is 0.912. The Kier molecular flexibility index (Phi) is 6.81. The van der Waals surface area contributed by atoms with Crippen molar-refractivity contribution >= 4 is 16.9 Å². The van der Waals surface area contributed by atoms with Crippen LogP contribution < -0.4 is 10.6 Å². The number of nitrogens with zero attached hydrogens (tertiary/aromatic N) is 1. The van der Waals surface area contributed by atoms with E-state index in [1.807, 2.05) is 7.05 Å². The molecule has 1 heterocycles. The third kappa shape index (κ3) is 4.79. The SMILES string of the molecule is CCCCCNC(=NC)NCCCc1c[nH]c2ccccc12. The second-order valence-electron chi connectivity index (χ2n) is 5.60. The number of aromatic amines is 1. The van der Waals surface area contributed by atoms with Crippen LogP contribution in [0.5, 0.6) is 0 Å². The number of aromatic nitrogens is 1. The Morgan fingerprint density at radius 2 is 1.86 bits per heavy atom. The van der Waals surface area contributed by atoms with Crippen LogP contribution in [-0.4, -0.2) is 31.1 Å². The zero-order valence-electron chi connectivity index (χ0n) is 13.8. The van der Waals surface area contributed by atoms with E-state index in [4.69, 9.17) is 0 Å². The highest BCUT2D eigenvalue weighted by atomic mass is 15.2. The van der Waals surface area contributed by atoms with Gasteiger partial charge in [-0.25, -0.2) is 0 Å². The lowest BCUT2D eigenvalue weighted by Crippen LogP contribution is -2.38. The Balaban J connectivity index is 1.70. The van der Waals surface area contributed by atoms with Crippen molar-refractivity contribution in [3.8, 4) is 0 Å². The average molecular weight is 300 g/mol. The van der Waals surface area contributed by atoms with Gasteiger partial charge in [-0.15, -0.1) is 0 Å². The highest BCUT2D eigenvalue weighted by molar-refractivity contribution is 5.83. The predicted molar refractivity (Wildman–Crippen MR) is 95.5 cm³/mol. The number of unbranched alkanes of at least 4 members (excludes halogenated alkanes) is 2. The Bertz CT molecular complexity index is 586. The number of fused-ring (bicyclic) bond motifs is 1. The molecule has 0 spiro atoms. The molecular formula is C18H28N4. The third-order valence-electron chi connectivity index (χ3n) is 3.89. The quantitative estimate of drug-likeness (QED) is 0.397. The van der Waals surface area contributed by atoms with Gasteiger partial charge in [-0.1, -0.05) is 38.0 Å². The van der Waals surface area contributed by atoms with Gasteiger partial charge >= 0.3 is 0 Å². The van der Waals surface area contributed by atoms with Crippen LogP contribution in [0.1, 0.15) is 38.2 Å². The predicted octanol–water partition coefficient (Wildman–Crippen LogP) is 3.46. The number of nitrogens with one attached hydrogen (secondary N) is 3. The van der Waals surface area contributed by atoms with Gasteiger partial charge < -0.3 is 15.6 Å². The topological polar surface area (TPSA) is 52.2 Å². The normalized spacial score (nSPS) is 11.8. The average Bonchev–Trinajstić information content (AvgIpc) is 2.97. The molecular weight excluding hydrogens is 272 g/mol. The molecule has 0 aliphatic heterocycles. The van der Waals surface area contributed by atoms with E-state index in [1.165, 1.54) is 35.7 Å². The molecule has 0 fully saturated rings. The number of guanidine groups is 1. The Morgan fingerprint density at radius 3 is 2.64 bits per heavy atom. The highest BCUT2D eigenvalue weighted by Crippen LogP contribution is 2.18. The molecule has 1 aromatic carbocycles. The summed E-state index contributed by atoms with van der Waals surface area (Å²) in [6.45, 7) is 4.15. The van der Waals surface area contributed by atoms with Crippen LogP contribution in [0.4, 0.5) is 0 Å². The van der Waals surface area contributed by atoms with Crippen LogP contribution in [0, 0.1) is 0 Å². The summed E-state index contributed by atoms with van der Waals surface area (Å²) >= 11 is 0. The summed E-state index contributed by atoms with van der Waals surface area (Å²) in [5, 5.41) is 8.08. The van der Waals surface area contributed by atoms with E-state index in [-0.39, 0.29) is 0 Å². The summed E-state index contributed by atoms with van der Waals surface area (Å²) in [4.78, 5) is 7.59. The molecule has 0 bridgehead atoms. The molecule has 0 aliphatic rings. The molecule has 0 aliphatic carbocycles. The monoisotopic (exact) mass is 300 g/mol. The number of aryl methyl sites for hydroxylation is 1. The fraction of sp³-hybridized carbons (Fsp3) is 0.500. The van der Waals surface area contributed by atoms with E-state index in [0.29, 0.717) is 0 Å². The van der Waals surface area contributed by atoms with Crippen molar-refractivity contribution in [3.63, 3.8) is 0 Å². The molecule has 2 rings (SSSR count). The molecule has 4 heteroatoms. The molecule has 4 nitrogen and oxygen atoms in total. The number of H-pyrrole nitrogens is 1. The van der Waals surface area contributed by atoms with Gasteiger partial charge in [-0.05, 0) is 30.9 Å². The van der Waals surface area contributed by atoms with Crippen LogP contribution in [0.3, 0.4) is 0 Å². The summed E-state index contributed by atoms with van der Waals surface area (Å²) in [6, 6.07) is 8.47. The first-order chi connectivity index (χ1) is 10.8. The number of para-hydroxylation sites is 1. The minimum Gasteiger partial charge on any atom is -0.361 e. The van der Waals surface area contributed by atoms with Crippen molar-refractivity contribution in [2.75, 3.05) is 20.1 Å². The van der Waals surface area contributed by atoms with Gasteiger partial charge in [0.15, 0.2) is 5.96 Å². The number of rotatable bonds is 8. The summed E-state index contributed by atoms with van der Waals surface area (Å²) in [7, 11) is 1.83. The maximum absolute atomic E-state index is 4.26. The number of hydrogen-bond acceptors (Lipinski definition) is 1. The maximum Gasteiger partial charge on any atom is 0.190 e. The first kappa shape index (κ1) is 16.4. The van der Waals surface area contributed by atoms with E-state index in [0.717, 1.165) is 31.9 Å². The molecule has 1 aromatic heterocycles. The fourth-order valence-electron chi connectivity index (χ4n) is 2.63. The summed E-state index contributed by atoms with van der Waals surface area (Å²) in [5.74, 6) is 0.912. The van der Waals surface area contributed by atoms with Crippen LogP contribution in [0.25, 0.3) is 10.9 Å². The molecule has 0 radical (unpaired) electrons. The van der Waals surface area contributed by atoms with Gasteiger partial charge in [0.2, 0.25) is 0 Å². The highest BCUT2D eigenvalue weighted by Gasteiger charge is 2.02. The molecule has 3 N–H and O–H groups in total. The van der Waals surface area contributed by atoms with Gasteiger partial charge in [-0.3, -0.25) is 4.99 Å². The number of benzene rings is 1. The Morgan fingerprint density at radius 1 is 1.09 bits per heavy atom. The van der Waals surface area contributed by atoms with E-state index < -0.39 is 0 Å². The second-order valence-corrected chi connectivity index (χ2v) is 5.60. The van der Waals surface area contributed by atoms with Crippen LogP contribution in [0.15, 0.2) is 35.5 Å². The third-order valence-corrected chi connectivity index (χ3v) is 3.89. The lowest BCUT2D eigenvalue weighted by Gasteiger charge is -2.11. The van der Waals surface area contributed by atoms with Crippen LogP contribution in [0.2, 0.25) is 0 Å².